The minimum absolute atomic E-state index is 0.0995. The molecule has 0 unspecified atom stereocenters. The number of hydrogen-bond acceptors (Lipinski definition) is 4. The fraction of sp³-hybridized carbons (Fsp3) is 0.524. The van der Waals surface area contributed by atoms with Crippen molar-refractivity contribution in [3.05, 3.63) is 34.5 Å². The van der Waals surface area contributed by atoms with Gasteiger partial charge in [0.25, 0.3) is 5.91 Å². The van der Waals surface area contributed by atoms with Crippen molar-refractivity contribution >= 4 is 34.4 Å². The van der Waals surface area contributed by atoms with E-state index < -0.39 is 0 Å². The van der Waals surface area contributed by atoms with Gasteiger partial charge >= 0.3 is 0 Å². The van der Waals surface area contributed by atoms with Crippen LogP contribution in [0.2, 0.25) is 5.02 Å². The van der Waals surface area contributed by atoms with Gasteiger partial charge in [0.1, 0.15) is 0 Å². The number of rotatable bonds is 3. The third-order valence-corrected chi connectivity index (χ3v) is 6.10. The number of benzene rings is 1. The van der Waals surface area contributed by atoms with Crippen molar-refractivity contribution in [2.24, 2.45) is 0 Å². The molecule has 2 aromatic rings. The van der Waals surface area contributed by atoms with Gasteiger partial charge in [-0.15, -0.1) is 0 Å². The topological polar surface area (TPSA) is 57.0 Å². The number of hydrogen-bond donors (Lipinski definition) is 0. The quantitative estimate of drug-likeness (QED) is 0.789. The summed E-state index contributed by atoms with van der Waals surface area (Å²) in [5.41, 5.74) is 1.39. The highest BCUT2D eigenvalue weighted by atomic mass is 35.5. The van der Waals surface area contributed by atoms with E-state index in [0.717, 1.165) is 49.8 Å². The first-order chi connectivity index (χ1) is 13.5. The maximum atomic E-state index is 13.1. The Kier molecular flexibility index (Phi) is 5.60. The lowest BCUT2D eigenvalue weighted by Gasteiger charge is -2.23. The Morgan fingerprint density at radius 1 is 1.00 bits per heavy atom. The molecule has 0 atom stereocenters. The van der Waals surface area contributed by atoms with Crippen LogP contribution in [0.4, 0.5) is 0 Å². The Bertz CT molecular complexity index is 888. The summed E-state index contributed by atoms with van der Waals surface area (Å²) in [5.74, 6) is 0.474. The molecule has 28 heavy (non-hydrogen) atoms. The molecule has 2 fully saturated rings. The molecule has 3 heterocycles. The minimum Gasteiger partial charge on any atom is -0.449 e. The van der Waals surface area contributed by atoms with Crippen LogP contribution in [0, 0.1) is 6.92 Å². The predicted molar refractivity (Wildman–Crippen MR) is 109 cm³/mol. The van der Waals surface area contributed by atoms with Crippen molar-refractivity contribution in [1.29, 1.82) is 0 Å². The number of fused-ring (bicyclic) bond motifs is 1. The summed E-state index contributed by atoms with van der Waals surface area (Å²) in [6.07, 6.45) is 3.06. The molecule has 2 saturated heterocycles. The molecule has 0 N–H and O–H groups in total. The van der Waals surface area contributed by atoms with Gasteiger partial charge in [-0.1, -0.05) is 23.7 Å². The average molecular weight is 404 g/mol. The van der Waals surface area contributed by atoms with Gasteiger partial charge in [-0.3, -0.25) is 14.5 Å². The molecular formula is C21H26ClN3O3. The second kappa shape index (κ2) is 8.13. The third kappa shape index (κ3) is 3.76. The number of halogens is 1. The van der Waals surface area contributed by atoms with E-state index in [1.807, 2.05) is 28.9 Å². The average Bonchev–Trinajstić information content (AvgIpc) is 3.27. The van der Waals surface area contributed by atoms with Crippen molar-refractivity contribution in [2.75, 3.05) is 45.8 Å². The zero-order chi connectivity index (χ0) is 19.7. The highest BCUT2D eigenvalue weighted by Crippen LogP contribution is 2.31. The lowest BCUT2D eigenvalue weighted by molar-refractivity contribution is -0.131. The summed E-state index contributed by atoms with van der Waals surface area (Å²) >= 11 is 6.22. The number of aryl methyl sites for hydroxylation is 1. The Labute approximate surface area is 170 Å². The van der Waals surface area contributed by atoms with Gasteiger partial charge in [0.05, 0.1) is 11.6 Å². The Morgan fingerprint density at radius 2 is 1.75 bits per heavy atom. The first-order valence-electron chi connectivity index (χ1n) is 10.0. The molecular weight excluding hydrogens is 378 g/mol. The largest absolute Gasteiger partial charge is 0.449 e. The van der Waals surface area contributed by atoms with Gasteiger partial charge in [-0.25, -0.2) is 0 Å². The van der Waals surface area contributed by atoms with Crippen molar-refractivity contribution < 1.29 is 14.0 Å². The number of likely N-dealkylation sites (tertiary alicyclic amines) is 1. The second-order valence-corrected chi connectivity index (χ2v) is 8.09. The molecule has 0 saturated carbocycles. The van der Waals surface area contributed by atoms with E-state index in [1.165, 1.54) is 0 Å². The smallest absolute Gasteiger partial charge is 0.289 e. The summed E-state index contributed by atoms with van der Waals surface area (Å²) in [6, 6.07) is 5.55. The van der Waals surface area contributed by atoms with E-state index >= 15 is 0 Å². The highest BCUT2D eigenvalue weighted by molar-refractivity contribution is 6.35. The van der Waals surface area contributed by atoms with Gasteiger partial charge in [-0.05, 0) is 32.3 Å². The van der Waals surface area contributed by atoms with Crippen LogP contribution in [0.25, 0.3) is 11.0 Å². The van der Waals surface area contributed by atoms with Gasteiger partial charge in [-0.2, -0.15) is 0 Å². The minimum atomic E-state index is -0.0995. The molecule has 0 aliphatic carbocycles. The van der Waals surface area contributed by atoms with Crippen LogP contribution in [0.15, 0.2) is 22.6 Å². The van der Waals surface area contributed by atoms with Crippen molar-refractivity contribution in [3.8, 4) is 0 Å². The zero-order valence-corrected chi connectivity index (χ0v) is 17.0. The first kappa shape index (κ1) is 19.3. The maximum Gasteiger partial charge on any atom is 0.289 e. The van der Waals surface area contributed by atoms with Crippen LogP contribution in [0.1, 0.15) is 35.4 Å². The van der Waals surface area contributed by atoms with Gasteiger partial charge in [0.2, 0.25) is 5.91 Å². The number of nitrogens with zero attached hydrogens (tertiary/aromatic N) is 3. The van der Waals surface area contributed by atoms with Gasteiger partial charge < -0.3 is 14.2 Å². The van der Waals surface area contributed by atoms with Crippen molar-refractivity contribution in [2.45, 2.75) is 26.2 Å². The van der Waals surface area contributed by atoms with E-state index in [1.54, 1.807) is 6.07 Å². The van der Waals surface area contributed by atoms with Crippen LogP contribution in [0.5, 0.6) is 0 Å². The Morgan fingerprint density at radius 3 is 2.50 bits per heavy atom. The first-order valence-corrected chi connectivity index (χ1v) is 10.4. The fourth-order valence-corrected chi connectivity index (χ4v) is 4.36. The number of carbonyl (C=O) groups excluding carboxylic acids is 2. The van der Waals surface area contributed by atoms with Crippen molar-refractivity contribution in [1.82, 2.24) is 14.7 Å². The number of amides is 2. The Balaban J connectivity index is 1.43. The normalized spacial score (nSPS) is 18.6. The van der Waals surface area contributed by atoms with Crippen LogP contribution < -0.4 is 0 Å². The lowest BCUT2D eigenvalue weighted by Crippen LogP contribution is -2.41. The number of para-hydroxylation sites is 1. The molecule has 2 aliphatic rings. The standard InChI is InChI=1S/C21H26ClN3O3/c1-15-16-6-4-7-17(22)20(16)28-19(15)21(27)25-11-5-8-23(12-13-25)14-18(26)24-9-2-3-10-24/h4,6-7H,2-3,5,8-14H2,1H3. The molecule has 0 bridgehead atoms. The van der Waals surface area contributed by atoms with Crippen LogP contribution in [-0.2, 0) is 4.79 Å². The summed E-state index contributed by atoms with van der Waals surface area (Å²) in [7, 11) is 0. The van der Waals surface area contributed by atoms with E-state index in [0.29, 0.717) is 42.5 Å². The van der Waals surface area contributed by atoms with E-state index in [-0.39, 0.29) is 11.8 Å². The SMILES string of the molecule is Cc1c(C(=O)N2CCCN(CC(=O)N3CCCC3)CC2)oc2c(Cl)cccc12. The Hall–Kier alpha value is -2.05. The molecule has 0 radical (unpaired) electrons. The molecule has 1 aromatic carbocycles. The third-order valence-electron chi connectivity index (χ3n) is 5.80. The van der Waals surface area contributed by atoms with E-state index in [2.05, 4.69) is 4.90 Å². The van der Waals surface area contributed by atoms with E-state index in [4.69, 9.17) is 16.0 Å². The summed E-state index contributed by atoms with van der Waals surface area (Å²) in [5, 5.41) is 1.39. The highest BCUT2D eigenvalue weighted by Gasteiger charge is 2.27. The van der Waals surface area contributed by atoms with Gasteiger partial charge in [0.15, 0.2) is 11.3 Å². The molecule has 4 rings (SSSR count). The monoisotopic (exact) mass is 403 g/mol. The van der Waals surface area contributed by atoms with Gasteiger partial charge in [0, 0.05) is 50.2 Å². The molecule has 0 spiro atoms. The summed E-state index contributed by atoms with van der Waals surface area (Å²) in [4.78, 5) is 31.5. The fourth-order valence-electron chi connectivity index (χ4n) is 4.15. The molecule has 2 amide bonds. The lowest BCUT2D eigenvalue weighted by atomic mass is 10.1. The molecule has 6 nitrogen and oxygen atoms in total. The summed E-state index contributed by atoms with van der Waals surface area (Å²) < 4.78 is 5.85. The predicted octanol–water partition coefficient (Wildman–Crippen LogP) is 3.16. The molecule has 2 aliphatic heterocycles. The molecule has 150 valence electrons. The summed E-state index contributed by atoms with van der Waals surface area (Å²) in [6.45, 7) is 6.89. The van der Waals surface area contributed by atoms with Crippen LogP contribution >= 0.6 is 11.6 Å². The van der Waals surface area contributed by atoms with E-state index in [9.17, 15) is 9.59 Å². The molecule has 7 heteroatoms. The van der Waals surface area contributed by atoms with Crippen LogP contribution in [-0.4, -0.2) is 72.3 Å². The van der Waals surface area contributed by atoms with Crippen LogP contribution in [0.3, 0.4) is 0 Å². The zero-order valence-electron chi connectivity index (χ0n) is 16.2. The second-order valence-electron chi connectivity index (χ2n) is 7.68. The number of furan rings is 1. The molecule has 1 aromatic heterocycles. The number of carbonyl (C=O) groups is 2. The van der Waals surface area contributed by atoms with Crippen molar-refractivity contribution in [3.63, 3.8) is 0 Å². The maximum absolute atomic E-state index is 13.1.